The highest BCUT2D eigenvalue weighted by Crippen LogP contribution is 2.18. The van der Waals surface area contributed by atoms with Crippen molar-refractivity contribution in [2.75, 3.05) is 26.9 Å². The maximum Gasteiger partial charge on any atom is 0.0812 e. The second-order valence-corrected chi connectivity index (χ2v) is 4.40. The fourth-order valence-corrected chi connectivity index (χ4v) is 1.85. The molecule has 0 bridgehead atoms. The third kappa shape index (κ3) is 5.63. The van der Waals surface area contributed by atoms with E-state index < -0.39 is 6.10 Å². The summed E-state index contributed by atoms with van der Waals surface area (Å²) >= 11 is 0. The monoisotopic (exact) mass is 252 g/mol. The number of benzene rings is 1. The minimum absolute atomic E-state index is 0.440. The van der Waals surface area contributed by atoms with E-state index in [0.29, 0.717) is 26.2 Å². The van der Waals surface area contributed by atoms with Crippen LogP contribution in [0.15, 0.2) is 24.3 Å². The zero-order valence-corrected chi connectivity index (χ0v) is 11.4. The molecule has 0 aliphatic heterocycles. The molecule has 1 unspecified atom stereocenters. The molecule has 1 N–H and O–H groups in total. The van der Waals surface area contributed by atoms with Crippen LogP contribution < -0.4 is 0 Å². The van der Waals surface area contributed by atoms with Crippen molar-refractivity contribution in [3.05, 3.63) is 35.4 Å². The van der Waals surface area contributed by atoms with E-state index in [4.69, 9.17) is 9.47 Å². The molecule has 0 amide bonds. The maximum atomic E-state index is 10.1. The minimum Gasteiger partial charge on any atom is -0.388 e. The van der Waals surface area contributed by atoms with E-state index in [1.807, 2.05) is 12.1 Å². The molecule has 1 atom stereocenters. The summed E-state index contributed by atoms with van der Waals surface area (Å²) in [4.78, 5) is 0. The van der Waals surface area contributed by atoms with Gasteiger partial charge >= 0.3 is 0 Å². The van der Waals surface area contributed by atoms with Gasteiger partial charge in [0.2, 0.25) is 0 Å². The van der Waals surface area contributed by atoms with Gasteiger partial charge in [0.25, 0.3) is 0 Å². The van der Waals surface area contributed by atoms with Crippen molar-refractivity contribution in [1.29, 1.82) is 0 Å². The van der Waals surface area contributed by atoms with Gasteiger partial charge in [-0.1, -0.05) is 37.6 Å². The third-order valence-electron chi connectivity index (χ3n) is 2.84. The molecule has 0 saturated heterocycles. The maximum absolute atomic E-state index is 10.1. The van der Waals surface area contributed by atoms with E-state index in [9.17, 15) is 5.11 Å². The molecule has 3 nitrogen and oxygen atoms in total. The Bertz CT molecular complexity index is 325. The first-order valence-electron chi connectivity index (χ1n) is 6.61. The average molecular weight is 252 g/mol. The van der Waals surface area contributed by atoms with Crippen molar-refractivity contribution in [1.82, 2.24) is 0 Å². The second kappa shape index (κ2) is 9.09. The van der Waals surface area contributed by atoms with Crippen LogP contribution in [0.2, 0.25) is 0 Å². The van der Waals surface area contributed by atoms with E-state index in [2.05, 4.69) is 19.1 Å². The van der Waals surface area contributed by atoms with Gasteiger partial charge in [-0.3, -0.25) is 0 Å². The fraction of sp³-hybridized carbons (Fsp3) is 0.600. The number of ether oxygens (including phenoxy) is 2. The third-order valence-corrected chi connectivity index (χ3v) is 2.84. The number of aliphatic hydroxyl groups excluding tert-OH is 1. The molecule has 0 fully saturated rings. The number of hydrogen-bond acceptors (Lipinski definition) is 3. The second-order valence-electron chi connectivity index (χ2n) is 4.40. The molecule has 102 valence electrons. The lowest BCUT2D eigenvalue weighted by Gasteiger charge is -2.12. The van der Waals surface area contributed by atoms with Crippen LogP contribution in [0, 0.1) is 0 Å². The number of aliphatic hydroxyl groups is 1. The van der Waals surface area contributed by atoms with Crippen molar-refractivity contribution >= 4 is 0 Å². The SMILES string of the molecule is CCCc1cccc(C(O)CCOCCOC)c1. The van der Waals surface area contributed by atoms with E-state index in [0.717, 1.165) is 18.4 Å². The number of aryl methyl sites for hydroxylation is 1. The first kappa shape index (κ1) is 15.2. The zero-order valence-electron chi connectivity index (χ0n) is 11.4. The summed E-state index contributed by atoms with van der Waals surface area (Å²) in [6.07, 6.45) is 2.37. The summed E-state index contributed by atoms with van der Waals surface area (Å²) in [6.45, 7) is 3.90. The van der Waals surface area contributed by atoms with E-state index in [1.54, 1.807) is 7.11 Å². The Morgan fingerprint density at radius 1 is 1.22 bits per heavy atom. The summed E-state index contributed by atoms with van der Waals surface area (Å²) < 4.78 is 10.2. The fourth-order valence-electron chi connectivity index (χ4n) is 1.85. The van der Waals surface area contributed by atoms with Crippen molar-refractivity contribution in [3.8, 4) is 0 Å². The van der Waals surface area contributed by atoms with Crippen LogP contribution in [0.1, 0.15) is 37.0 Å². The Labute approximate surface area is 110 Å². The molecule has 1 aromatic rings. The van der Waals surface area contributed by atoms with Gasteiger partial charge < -0.3 is 14.6 Å². The topological polar surface area (TPSA) is 38.7 Å². The van der Waals surface area contributed by atoms with Crippen LogP contribution in [0.5, 0.6) is 0 Å². The van der Waals surface area contributed by atoms with Crippen LogP contribution in [0.3, 0.4) is 0 Å². The highest BCUT2D eigenvalue weighted by atomic mass is 16.5. The lowest BCUT2D eigenvalue weighted by atomic mass is 10.0. The minimum atomic E-state index is -0.440. The lowest BCUT2D eigenvalue weighted by molar-refractivity contribution is 0.0475. The van der Waals surface area contributed by atoms with Gasteiger partial charge in [-0.05, 0) is 17.5 Å². The summed E-state index contributed by atoms with van der Waals surface area (Å²) in [7, 11) is 1.65. The van der Waals surface area contributed by atoms with Crippen molar-refractivity contribution in [2.45, 2.75) is 32.3 Å². The van der Waals surface area contributed by atoms with Crippen molar-refractivity contribution in [2.24, 2.45) is 0 Å². The lowest BCUT2D eigenvalue weighted by Crippen LogP contribution is -2.07. The van der Waals surface area contributed by atoms with Gasteiger partial charge in [0.05, 0.1) is 19.3 Å². The Hall–Kier alpha value is -0.900. The smallest absolute Gasteiger partial charge is 0.0812 e. The van der Waals surface area contributed by atoms with Crippen LogP contribution in [-0.2, 0) is 15.9 Å². The van der Waals surface area contributed by atoms with Crippen LogP contribution in [-0.4, -0.2) is 32.0 Å². The predicted molar refractivity (Wildman–Crippen MR) is 72.7 cm³/mol. The Kier molecular flexibility index (Phi) is 7.65. The Morgan fingerprint density at radius 3 is 2.78 bits per heavy atom. The first-order chi connectivity index (χ1) is 8.77. The van der Waals surface area contributed by atoms with Gasteiger partial charge in [-0.25, -0.2) is 0 Å². The number of hydrogen-bond donors (Lipinski definition) is 1. The molecule has 1 aromatic carbocycles. The Morgan fingerprint density at radius 2 is 2.06 bits per heavy atom. The molecule has 0 aliphatic carbocycles. The molecular formula is C15H24O3. The summed E-state index contributed by atoms with van der Waals surface area (Å²) in [6, 6.07) is 8.17. The van der Waals surface area contributed by atoms with Crippen molar-refractivity contribution in [3.63, 3.8) is 0 Å². The quantitative estimate of drug-likeness (QED) is 0.687. The van der Waals surface area contributed by atoms with E-state index in [-0.39, 0.29) is 0 Å². The van der Waals surface area contributed by atoms with Gasteiger partial charge in [0, 0.05) is 20.1 Å². The summed E-state index contributed by atoms with van der Waals surface area (Å²) in [5.41, 5.74) is 2.27. The van der Waals surface area contributed by atoms with Gasteiger partial charge in [0.1, 0.15) is 0 Å². The van der Waals surface area contributed by atoms with Gasteiger partial charge in [-0.2, -0.15) is 0 Å². The van der Waals surface area contributed by atoms with Crippen molar-refractivity contribution < 1.29 is 14.6 Å². The summed E-state index contributed by atoms with van der Waals surface area (Å²) in [5.74, 6) is 0. The van der Waals surface area contributed by atoms with Crippen LogP contribution in [0.4, 0.5) is 0 Å². The molecule has 0 radical (unpaired) electrons. The largest absolute Gasteiger partial charge is 0.388 e. The molecule has 18 heavy (non-hydrogen) atoms. The van der Waals surface area contributed by atoms with E-state index in [1.165, 1.54) is 5.56 Å². The zero-order chi connectivity index (χ0) is 13.2. The molecular weight excluding hydrogens is 228 g/mol. The first-order valence-corrected chi connectivity index (χ1v) is 6.61. The van der Waals surface area contributed by atoms with Gasteiger partial charge in [0.15, 0.2) is 0 Å². The molecule has 0 aliphatic rings. The molecule has 3 heteroatoms. The predicted octanol–water partition coefficient (Wildman–Crippen LogP) is 2.73. The highest BCUT2D eigenvalue weighted by molar-refractivity contribution is 5.25. The molecule has 0 aromatic heterocycles. The molecule has 0 heterocycles. The Balaban J connectivity index is 2.36. The summed E-state index contributed by atoms with van der Waals surface area (Å²) in [5, 5.41) is 10.1. The standard InChI is InChI=1S/C15H24O3/c1-3-5-13-6-4-7-14(12-13)15(16)8-9-18-11-10-17-2/h4,6-7,12,15-16H,3,5,8-11H2,1-2H3. The number of methoxy groups -OCH3 is 1. The normalized spacial score (nSPS) is 12.6. The highest BCUT2D eigenvalue weighted by Gasteiger charge is 2.07. The molecule has 0 spiro atoms. The van der Waals surface area contributed by atoms with Crippen LogP contribution >= 0.6 is 0 Å². The molecule has 0 saturated carbocycles. The molecule has 1 rings (SSSR count). The van der Waals surface area contributed by atoms with Gasteiger partial charge in [-0.15, -0.1) is 0 Å². The average Bonchev–Trinajstić information content (AvgIpc) is 2.39. The number of rotatable bonds is 9. The van der Waals surface area contributed by atoms with Crippen LogP contribution in [0.25, 0.3) is 0 Å². The van der Waals surface area contributed by atoms with E-state index >= 15 is 0 Å².